The zero-order valence-corrected chi connectivity index (χ0v) is 20.5. The van der Waals surface area contributed by atoms with E-state index in [-0.39, 0.29) is 29.9 Å². The lowest BCUT2D eigenvalue weighted by Crippen LogP contribution is -2.32. The van der Waals surface area contributed by atoms with E-state index in [1.54, 1.807) is 28.9 Å². The molecule has 0 spiro atoms. The topological polar surface area (TPSA) is 119 Å². The van der Waals surface area contributed by atoms with Crippen molar-refractivity contribution in [3.8, 4) is 22.9 Å². The fourth-order valence-electron chi connectivity index (χ4n) is 5.11. The fraction of sp³-hybridized carbons (Fsp3) is 0.370. The third-order valence-corrected chi connectivity index (χ3v) is 7.33. The van der Waals surface area contributed by atoms with Crippen molar-refractivity contribution in [1.29, 1.82) is 0 Å². The van der Waals surface area contributed by atoms with Crippen molar-refractivity contribution in [2.45, 2.75) is 57.0 Å². The molecular formula is C27H26F2N6O3. The van der Waals surface area contributed by atoms with Gasteiger partial charge in [0.05, 0.1) is 18.4 Å². The molecule has 1 atom stereocenters. The molecule has 4 aromatic rings. The summed E-state index contributed by atoms with van der Waals surface area (Å²) in [6.07, 6.45) is 8.42. The first-order chi connectivity index (χ1) is 18.5. The van der Waals surface area contributed by atoms with Gasteiger partial charge in [0.15, 0.2) is 17.5 Å². The summed E-state index contributed by atoms with van der Waals surface area (Å²) in [6.45, 7) is 0.119. The van der Waals surface area contributed by atoms with E-state index in [1.807, 2.05) is 6.07 Å². The standard InChI is InChI=1S/C27H26F2N6O3/c28-19-11-17(15-3-1-2-4-15)7-8-18(19)14-35-23(21-9-10-38-34-21)12-22(33-35)26-30-13-20(29)25(32-26)31-24(27(36)37)16-5-6-16/h7-13,15-16,24H,1-6,14H2,(H,36,37)(H,30,31,32)/t24-/m1/s1. The van der Waals surface area contributed by atoms with E-state index >= 15 is 4.39 Å². The molecule has 2 aliphatic rings. The molecule has 2 N–H and O–H groups in total. The third kappa shape index (κ3) is 4.88. The summed E-state index contributed by atoms with van der Waals surface area (Å²) in [5, 5.41) is 20.8. The Hall–Kier alpha value is -4.15. The third-order valence-electron chi connectivity index (χ3n) is 7.33. The molecule has 11 heteroatoms. The van der Waals surface area contributed by atoms with Gasteiger partial charge in [-0.1, -0.05) is 30.1 Å². The van der Waals surface area contributed by atoms with Crippen LogP contribution in [-0.4, -0.2) is 42.0 Å². The second kappa shape index (κ2) is 9.96. The highest BCUT2D eigenvalue weighted by molar-refractivity contribution is 5.78. The predicted molar refractivity (Wildman–Crippen MR) is 133 cm³/mol. The molecule has 0 bridgehead atoms. The molecule has 0 aliphatic heterocycles. The molecule has 38 heavy (non-hydrogen) atoms. The number of hydrogen-bond donors (Lipinski definition) is 2. The number of hydrogen-bond acceptors (Lipinski definition) is 7. The molecule has 0 saturated heterocycles. The normalized spacial score (nSPS) is 16.6. The Bertz CT molecular complexity index is 1460. The smallest absolute Gasteiger partial charge is 0.326 e. The van der Waals surface area contributed by atoms with Crippen molar-refractivity contribution in [2.75, 3.05) is 5.32 Å². The minimum absolute atomic E-state index is 0.0711. The van der Waals surface area contributed by atoms with E-state index in [9.17, 15) is 14.3 Å². The first kappa shape index (κ1) is 24.2. The summed E-state index contributed by atoms with van der Waals surface area (Å²) < 4.78 is 36.2. The second-order valence-corrected chi connectivity index (χ2v) is 9.98. The molecule has 196 valence electrons. The van der Waals surface area contributed by atoms with Crippen LogP contribution in [-0.2, 0) is 11.3 Å². The van der Waals surface area contributed by atoms with Crippen molar-refractivity contribution in [1.82, 2.24) is 24.9 Å². The molecule has 6 rings (SSSR count). The van der Waals surface area contributed by atoms with Crippen LogP contribution in [0, 0.1) is 17.6 Å². The molecule has 2 saturated carbocycles. The fourth-order valence-corrected chi connectivity index (χ4v) is 5.11. The predicted octanol–water partition coefficient (Wildman–Crippen LogP) is 5.25. The van der Waals surface area contributed by atoms with Gasteiger partial charge in [0.2, 0.25) is 0 Å². The van der Waals surface area contributed by atoms with Crippen LogP contribution in [0.25, 0.3) is 22.9 Å². The number of nitrogens with zero attached hydrogens (tertiary/aromatic N) is 5. The molecule has 3 aromatic heterocycles. The average Bonchev–Trinajstić information content (AvgIpc) is 3.30. The van der Waals surface area contributed by atoms with E-state index < -0.39 is 17.8 Å². The van der Waals surface area contributed by atoms with Gasteiger partial charge in [-0.3, -0.25) is 4.68 Å². The van der Waals surface area contributed by atoms with Crippen LogP contribution >= 0.6 is 0 Å². The quantitative estimate of drug-likeness (QED) is 0.307. The van der Waals surface area contributed by atoms with Gasteiger partial charge in [0, 0.05) is 11.6 Å². The van der Waals surface area contributed by atoms with Crippen molar-refractivity contribution < 1.29 is 23.2 Å². The molecule has 9 nitrogen and oxygen atoms in total. The van der Waals surface area contributed by atoms with Crippen LogP contribution in [0.5, 0.6) is 0 Å². The first-order valence-electron chi connectivity index (χ1n) is 12.8. The number of carbonyl (C=O) groups is 1. The Morgan fingerprint density at radius 1 is 1.11 bits per heavy atom. The monoisotopic (exact) mass is 520 g/mol. The van der Waals surface area contributed by atoms with E-state index in [2.05, 4.69) is 25.5 Å². The van der Waals surface area contributed by atoms with Crippen LogP contribution in [0.4, 0.5) is 14.6 Å². The first-order valence-corrected chi connectivity index (χ1v) is 12.8. The van der Waals surface area contributed by atoms with Crippen molar-refractivity contribution >= 4 is 11.8 Å². The summed E-state index contributed by atoms with van der Waals surface area (Å²) in [4.78, 5) is 19.9. The van der Waals surface area contributed by atoms with Crippen LogP contribution in [0.1, 0.15) is 55.6 Å². The van der Waals surface area contributed by atoms with E-state index in [4.69, 9.17) is 4.52 Å². The van der Waals surface area contributed by atoms with Gasteiger partial charge in [-0.05, 0) is 55.2 Å². The molecule has 0 radical (unpaired) electrons. The van der Waals surface area contributed by atoms with Crippen LogP contribution in [0.2, 0.25) is 0 Å². The number of aromatic nitrogens is 5. The minimum atomic E-state index is -1.06. The van der Waals surface area contributed by atoms with Gasteiger partial charge in [0.1, 0.15) is 29.5 Å². The number of nitrogens with one attached hydrogen (secondary N) is 1. The second-order valence-electron chi connectivity index (χ2n) is 9.98. The maximum Gasteiger partial charge on any atom is 0.326 e. The van der Waals surface area contributed by atoms with Crippen molar-refractivity contribution in [2.24, 2.45) is 5.92 Å². The molecule has 3 heterocycles. The van der Waals surface area contributed by atoms with Gasteiger partial charge >= 0.3 is 5.97 Å². The highest BCUT2D eigenvalue weighted by Gasteiger charge is 2.37. The number of rotatable bonds is 9. The Kier molecular flexibility index (Phi) is 6.34. The highest BCUT2D eigenvalue weighted by Crippen LogP contribution is 2.36. The van der Waals surface area contributed by atoms with E-state index in [0.29, 0.717) is 28.6 Å². The summed E-state index contributed by atoms with van der Waals surface area (Å²) in [6, 6.07) is 7.76. The van der Waals surface area contributed by atoms with Gasteiger partial charge in [-0.2, -0.15) is 5.10 Å². The van der Waals surface area contributed by atoms with Gasteiger partial charge in [0.25, 0.3) is 0 Å². The Morgan fingerprint density at radius 3 is 2.61 bits per heavy atom. The zero-order valence-electron chi connectivity index (χ0n) is 20.5. The average molecular weight is 521 g/mol. The lowest BCUT2D eigenvalue weighted by molar-refractivity contribution is -0.138. The van der Waals surface area contributed by atoms with Crippen molar-refractivity contribution in [3.05, 3.63) is 65.6 Å². The van der Waals surface area contributed by atoms with Gasteiger partial charge in [-0.25, -0.2) is 23.5 Å². The maximum atomic E-state index is 15.1. The summed E-state index contributed by atoms with van der Waals surface area (Å²) in [5.41, 5.74) is 2.80. The lowest BCUT2D eigenvalue weighted by atomic mass is 9.96. The van der Waals surface area contributed by atoms with Crippen LogP contribution in [0.15, 0.2) is 47.3 Å². The van der Waals surface area contributed by atoms with E-state index in [1.165, 1.54) is 19.1 Å². The number of carboxylic acids is 1. The zero-order chi connectivity index (χ0) is 26.2. The SMILES string of the molecule is O=C(O)[C@H](Nc1nc(-c2cc(-c3ccon3)n(Cc3ccc(C4CCCC4)cc3F)n2)ncc1F)C1CC1. The van der Waals surface area contributed by atoms with E-state index in [0.717, 1.165) is 37.4 Å². The number of carboxylic acid groups (broad SMARTS) is 1. The lowest BCUT2D eigenvalue weighted by Gasteiger charge is -2.14. The minimum Gasteiger partial charge on any atom is -0.480 e. The molecule has 0 amide bonds. The molecule has 2 fully saturated rings. The number of aliphatic carboxylic acids is 1. The van der Waals surface area contributed by atoms with Crippen LogP contribution < -0.4 is 5.32 Å². The Balaban J connectivity index is 1.32. The molecule has 2 aliphatic carbocycles. The van der Waals surface area contributed by atoms with Gasteiger partial charge in [-0.15, -0.1) is 0 Å². The number of benzene rings is 1. The van der Waals surface area contributed by atoms with Gasteiger partial charge < -0.3 is 14.9 Å². The Labute approximate surface area is 216 Å². The van der Waals surface area contributed by atoms with Crippen molar-refractivity contribution in [3.63, 3.8) is 0 Å². The largest absolute Gasteiger partial charge is 0.480 e. The molecular weight excluding hydrogens is 494 g/mol. The summed E-state index contributed by atoms with van der Waals surface area (Å²) >= 11 is 0. The summed E-state index contributed by atoms with van der Waals surface area (Å²) in [7, 11) is 0. The number of anilines is 1. The summed E-state index contributed by atoms with van der Waals surface area (Å²) in [5.74, 6) is -1.92. The molecule has 1 aromatic carbocycles. The Morgan fingerprint density at radius 2 is 1.92 bits per heavy atom. The van der Waals surface area contributed by atoms with Crippen LogP contribution in [0.3, 0.4) is 0 Å². The maximum absolute atomic E-state index is 15.1. The highest BCUT2D eigenvalue weighted by atomic mass is 19.1. The molecule has 0 unspecified atom stereocenters. The number of halogens is 2.